The van der Waals surface area contributed by atoms with Crippen LogP contribution in [0.25, 0.3) is 0 Å². The van der Waals surface area contributed by atoms with Crippen LogP contribution in [-0.4, -0.2) is 24.7 Å². The number of hydrogen-bond donors (Lipinski definition) is 2. The maximum absolute atomic E-state index is 13.8. The molecule has 0 saturated carbocycles. The molecule has 3 nitrogen and oxygen atoms in total. The molecule has 0 radical (unpaired) electrons. The van der Waals surface area contributed by atoms with Gasteiger partial charge in [-0.1, -0.05) is 12.1 Å². The lowest BCUT2D eigenvalue weighted by molar-refractivity contribution is -0.126. The minimum absolute atomic E-state index is 0.0377. The van der Waals surface area contributed by atoms with Gasteiger partial charge in [0, 0.05) is 16.6 Å². The maximum atomic E-state index is 13.8. The Balaban J connectivity index is 1.73. The molecule has 1 amide bonds. The smallest absolute Gasteiger partial charge is 0.223 e. The summed E-state index contributed by atoms with van der Waals surface area (Å²) in [6.07, 6.45) is 2.66. The van der Waals surface area contributed by atoms with E-state index >= 15 is 0 Å². The Bertz CT molecular complexity index is 503. The molecule has 1 fully saturated rings. The van der Waals surface area contributed by atoms with E-state index in [-0.39, 0.29) is 23.7 Å². The Hall–Kier alpha value is -1.07. The normalized spacial score (nSPS) is 23.1. The zero-order chi connectivity index (χ0) is 13.9. The third-order valence-corrected chi connectivity index (χ3v) is 5.21. The minimum Gasteiger partial charge on any atom is -0.349 e. The molecule has 0 aliphatic carbocycles. The molecule has 5 heteroatoms. The van der Waals surface area contributed by atoms with Gasteiger partial charge in [0.05, 0.1) is 6.04 Å². The van der Waals surface area contributed by atoms with E-state index in [4.69, 9.17) is 0 Å². The number of amides is 1. The van der Waals surface area contributed by atoms with Crippen LogP contribution in [0.3, 0.4) is 0 Å². The first-order valence-corrected chi connectivity index (χ1v) is 8.16. The second kappa shape index (κ2) is 6.14. The Morgan fingerprint density at radius 1 is 1.30 bits per heavy atom. The van der Waals surface area contributed by atoms with Crippen LogP contribution in [0.1, 0.15) is 30.9 Å². The monoisotopic (exact) mass is 294 g/mol. The van der Waals surface area contributed by atoms with Gasteiger partial charge in [-0.15, -0.1) is 11.8 Å². The third kappa shape index (κ3) is 2.83. The van der Waals surface area contributed by atoms with E-state index in [1.54, 1.807) is 17.8 Å². The summed E-state index contributed by atoms with van der Waals surface area (Å²) in [6, 6.07) is 5.11. The first-order valence-electron chi connectivity index (χ1n) is 7.18. The van der Waals surface area contributed by atoms with Gasteiger partial charge in [0.1, 0.15) is 5.82 Å². The lowest BCUT2D eigenvalue weighted by Gasteiger charge is -2.29. The van der Waals surface area contributed by atoms with Crippen molar-refractivity contribution in [3.05, 3.63) is 29.6 Å². The van der Waals surface area contributed by atoms with E-state index in [1.807, 2.05) is 6.07 Å². The Kier molecular flexibility index (Phi) is 4.27. The fraction of sp³-hybridized carbons (Fsp3) is 0.533. The molecule has 0 spiro atoms. The summed E-state index contributed by atoms with van der Waals surface area (Å²) < 4.78 is 13.8. The summed E-state index contributed by atoms with van der Waals surface area (Å²) in [4.78, 5) is 13.0. The predicted octanol–water partition coefficient (Wildman–Crippen LogP) is 2.48. The molecule has 1 saturated heterocycles. The molecule has 0 bridgehead atoms. The molecule has 1 atom stereocenters. The van der Waals surface area contributed by atoms with Crippen LogP contribution < -0.4 is 10.6 Å². The van der Waals surface area contributed by atoms with Crippen molar-refractivity contribution in [2.24, 2.45) is 5.92 Å². The number of nitrogens with one attached hydrogen (secondary N) is 2. The van der Waals surface area contributed by atoms with Gasteiger partial charge in [0.2, 0.25) is 5.91 Å². The van der Waals surface area contributed by atoms with Crippen LogP contribution in [0.2, 0.25) is 0 Å². The summed E-state index contributed by atoms with van der Waals surface area (Å²) >= 11 is 1.55. The summed E-state index contributed by atoms with van der Waals surface area (Å²) in [5.41, 5.74) is 0.934. The van der Waals surface area contributed by atoms with Gasteiger partial charge in [0.15, 0.2) is 0 Å². The van der Waals surface area contributed by atoms with Gasteiger partial charge >= 0.3 is 0 Å². The number of fused-ring (bicyclic) bond motifs is 1. The molecule has 3 rings (SSSR count). The average molecular weight is 294 g/mol. The highest BCUT2D eigenvalue weighted by Crippen LogP contribution is 2.37. The Morgan fingerprint density at radius 3 is 2.90 bits per heavy atom. The van der Waals surface area contributed by atoms with E-state index in [1.165, 1.54) is 6.07 Å². The van der Waals surface area contributed by atoms with Crippen LogP contribution in [0.15, 0.2) is 23.1 Å². The van der Waals surface area contributed by atoms with Crippen molar-refractivity contribution >= 4 is 17.7 Å². The SMILES string of the molecule is O=C(NC1CCSc2c(F)cccc21)C1CCNCC1. The number of thioether (sulfide) groups is 1. The van der Waals surface area contributed by atoms with E-state index in [0.717, 1.165) is 43.7 Å². The second-order valence-electron chi connectivity index (χ2n) is 5.38. The highest BCUT2D eigenvalue weighted by atomic mass is 32.2. The van der Waals surface area contributed by atoms with Crippen LogP contribution in [0.5, 0.6) is 0 Å². The third-order valence-electron chi connectivity index (χ3n) is 4.05. The highest BCUT2D eigenvalue weighted by Gasteiger charge is 2.27. The summed E-state index contributed by atoms with van der Waals surface area (Å²) in [7, 11) is 0. The molecule has 2 aliphatic rings. The molecule has 20 heavy (non-hydrogen) atoms. The van der Waals surface area contributed by atoms with Crippen molar-refractivity contribution < 1.29 is 9.18 Å². The molecule has 2 N–H and O–H groups in total. The number of carbonyl (C=O) groups is 1. The standard InChI is InChI=1S/C15H19FN2OS/c16-12-3-1-2-11-13(6-9-20-14(11)12)18-15(19)10-4-7-17-8-5-10/h1-3,10,13,17H,4-9H2,(H,18,19). The largest absolute Gasteiger partial charge is 0.349 e. The number of benzene rings is 1. The number of rotatable bonds is 2. The molecule has 1 aromatic rings. The summed E-state index contributed by atoms with van der Waals surface area (Å²) in [6.45, 7) is 1.81. The summed E-state index contributed by atoms with van der Waals surface area (Å²) in [5, 5.41) is 6.39. The van der Waals surface area contributed by atoms with Crippen molar-refractivity contribution in [2.45, 2.75) is 30.2 Å². The van der Waals surface area contributed by atoms with E-state index < -0.39 is 0 Å². The van der Waals surface area contributed by atoms with Gasteiger partial charge in [-0.25, -0.2) is 4.39 Å². The van der Waals surface area contributed by atoms with Gasteiger partial charge < -0.3 is 10.6 Å². The maximum Gasteiger partial charge on any atom is 0.223 e. The van der Waals surface area contributed by atoms with Gasteiger partial charge in [-0.05, 0) is 44.0 Å². The van der Waals surface area contributed by atoms with Crippen molar-refractivity contribution in [1.82, 2.24) is 10.6 Å². The van der Waals surface area contributed by atoms with E-state index in [2.05, 4.69) is 10.6 Å². The predicted molar refractivity (Wildman–Crippen MR) is 78.2 cm³/mol. The molecular formula is C15H19FN2OS. The van der Waals surface area contributed by atoms with Crippen molar-refractivity contribution in [3.8, 4) is 0 Å². The quantitative estimate of drug-likeness (QED) is 0.880. The molecule has 0 aromatic heterocycles. The van der Waals surface area contributed by atoms with Crippen LogP contribution >= 0.6 is 11.8 Å². The number of carbonyl (C=O) groups excluding carboxylic acids is 1. The Morgan fingerprint density at radius 2 is 2.10 bits per heavy atom. The van der Waals surface area contributed by atoms with Gasteiger partial charge in [-0.3, -0.25) is 4.79 Å². The zero-order valence-corrected chi connectivity index (χ0v) is 12.1. The molecule has 1 aromatic carbocycles. The first kappa shape index (κ1) is 13.9. The van der Waals surface area contributed by atoms with Gasteiger partial charge in [-0.2, -0.15) is 0 Å². The van der Waals surface area contributed by atoms with Crippen molar-refractivity contribution in [3.63, 3.8) is 0 Å². The number of hydrogen-bond acceptors (Lipinski definition) is 3. The number of halogens is 1. The lowest BCUT2D eigenvalue weighted by Crippen LogP contribution is -2.40. The Labute approximate surface area is 122 Å². The zero-order valence-electron chi connectivity index (χ0n) is 11.3. The summed E-state index contributed by atoms with van der Waals surface area (Å²) in [5.74, 6) is 0.903. The topological polar surface area (TPSA) is 41.1 Å². The molecule has 2 aliphatic heterocycles. The first-order chi connectivity index (χ1) is 9.75. The van der Waals surface area contributed by atoms with E-state index in [0.29, 0.717) is 4.90 Å². The van der Waals surface area contributed by atoms with Crippen LogP contribution in [0, 0.1) is 11.7 Å². The van der Waals surface area contributed by atoms with E-state index in [9.17, 15) is 9.18 Å². The minimum atomic E-state index is -0.173. The average Bonchev–Trinajstić information content (AvgIpc) is 2.49. The van der Waals surface area contributed by atoms with Crippen LogP contribution in [0.4, 0.5) is 4.39 Å². The molecule has 108 valence electrons. The number of piperidine rings is 1. The highest BCUT2D eigenvalue weighted by molar-refractivity contribution is 7.99. The molecule has 1 unspecified atom stereocenters. The molecular weight excluding hydrogens is 275 g/mol. The van der Waals surface area contributed by atoms with Crippen molar-refractivity contribution in [1.29, 1.82) is 0 Å². The fourth-order valence-electron chi connectivity index (χ4n) is 2.91. The second-order valence-corrected chi connectivity index (χ2v) is 6.49. The molecule has 2 heterocycles. The lowest BCUT2D eigenvalue weighted by atomic mass is 9.95. The van der Waals surface area contributed by atoms with Crippen LogP contribution in [-0.2, 0) is 4.79 Å². The fourth-order valence-corrected chi connectivity index (χ4v) is 4.05. The van der Waals surface area contributed by atoms with Gasteiger partial charge in [0.25, 0.3) is 0 Å². The van der Waals surface area contributed by atoms with Crippen molar-refractivity contribution in [2.75, 3.05) is 18.8 Å².